The number of likely N-dealkylation sites (tertiary alicyclic amines) is 1. The minimum Gasteiger partial charge on any atom is -0.480 e. The van der Waals surface area contributed by atoms with Crippen LogP contribution in [0.3, 0.4) is 0 Å². The lowest BCUT2D eigenvalue weighted by molar-refractivity contribution is -0.138. The van der Waals surface area contributed by atoms with Crippen LogP contribution in [0.1, 0.15) is 44.7 Å². The van der Waals surface area contributed by atoms with Gasteiger partial charge in [-0.2, -0.15) is 0 Å². The van der Waals surface area contributed by atoms with Crippen molar-refractivity contribution in [3.63, 3.8) is 0 Å². The summed E-state index contributed by atoms with van der Waals surface area (Å²) in [5.74, 6) is -0.861. The van der Waals surface area contributed by atoms with E-state index in [2.05, 4.69) is 0 Å². The molecule has 0 unspecified atom stereocenters. The lowest BCUT2D eigenvalue weighted by Crippen LogP contribution is -2.46. The van der Waals surface area contributed by atoms with Crippen molar-refractivity contribution in [2.24, 2.45) is 0 Å². The third-order valence-corrected chi connectivity index (χ3v) is 4.49. The molecular formula is C20H30N2O4. The standard InChI is InChI=1S/C20H30N2O4/c1-15-8-5-6-9-16(15)12-21(14-18(23)24)13-17-10-7-11-22(17)19(25)26-20(2,3)4/h5-6,8-9,17H,7,10-14H2,1-4H3,(H,23,24)/t17-/m0/s1. The number of carboxylic acid groups (broad SMARTS) is 1. The number of carbonyl (C=O) groups excluding carboxylic acids is 1. The summed E-state index contributed by atoms with van der Waals surface area (Å²) in [6.45, 7) is 9.27. The number of carboxylic acids is 1. The molecule has 1 fully saturated rings. The molecule has 6 nitrogen and oxygen atoms in total. The van der Waals surface area contributed by atoms with E-state index in [9.17, 15) is 14.7 Å². The molecule has 1 amide bonds. The van der Waals surface area contributed by atoms with Gasteiger partial charge in [0.15, 0.2) is 0 Å². The zero-order valence-electron chi connectivity index (χ0n) is 16.2. The fourth-order valence-electron chi connectivity index (χ4n) is 3.29. The van der Waals surface area contributed by atoms with Crippen molar-refractivity contribution in [3.05, 3.63) is 35.4 Å². The summed E-state index contributed by atoms with van der Waals surface area (Å²) in [7, 11) is 0. The molecule has 0 radical (unpaired) electrons. The highest BCUT2D eigenvalue weighted by molar-refractivity contribution is 5.70. The van der Waals surface area contributed by atoms with E-state index in [1.165, 1.54) is 0 Å². The number of carbonyl (C=O) groups is 2. The molecule has 1 N–H and O–H groups in total. The predicted octanol–water partition coefficient (Wildman–Crippen LogP) is 3.28. The quantitative estimate of drug-likeness (QED) is 0.841. The fraction of sp³-hybridized carbons (Fsp3) is 0.600. The molecule has 26 heavy (non-hydrogen) atoms. The van der Waals surface area contributed by atoms with E-state index in [1.807, 2.05) is 56.9 Å². The first kappa shape index (κ1) is 20.2. The van der Waals surface area contributed by atoms with Crippen LogP contribution in [0.4, 0.5) is 4.79 Å². The van der Waals surface area contributed by atoms with Crippen LogP contribution >= 0.6 is 0 Å². The zero-order valence-corrected chi connectivity index (χ0v) is 16.2. The van der Waals surface area contributed by atoms with Gasteiger partial charge in [-0.1, -0.05) is 24.3 Å². The summed E-state index contributed by atoms with van der Waals surface area (Å²) in [6.07, 6.45) is 1.46. The maximum absolute atomic E-state index is 12.5. The zero-order chi connectivity index (χ0) is 19.3. The molecule has 0 aromatic heterocycles. The number of hydrogen-bond acceptors (Lipinski definition) is 4. The van der Waals surface area contributed by atoms with Crippen molar-refractivity contribution in [1.82, 2.24) is 9.80 Å². The molecule has 1 aliphatic rings. The first-order chi connectivity index (χ1) is 12.2. The van der Waals surface area contributed by atoms with Gasteiger partial charge >= 0.3 is 12.1 Å². The SMILES string of the molecule is Cc1ccccc1CN(CC(=O)O)C[C@@H]1CCCN1C(=O)OC(C)(C)C. The number of aliphatic carboxylic acids is 1. The van der Waals surface area contributed by atoms with Crippen molar-refractivity contribution < 1.29 is 19.4 Å². The average Bonchev–Trinajstić information content (AvgIpc) is 2.95. The Kier molecular flexibility index (Phi) is 6.64. The number of nitrogens with zero attached hydrogens (tertiary/aromatic N) is 2. The highest BCUT2D eigenvalue weighted by Crippen LogP contribution is 2.22. The van der Waals surface area contributed by atoms with Gasteiger partial charge in [-0.15, -0.1) is 0 Å². The first-order valence-corrected chi connectivity index (χ1v) is 9.14. The summed E-state index contributed by atoms with van der Waals surface area (Å²) in [5.41, 5.74) is 1.71. The Morgan fingerprint density at radius 2 is 2.00 bits per heavy atom. The van der Waals surface area contributed by atoms with Gasteiger partial charge in [0, 0.05) is 25.7 Å². The van der Waals surface area contributed by atoms with E-state index < -0.39 is 11.6 Å². The number of benzene rings is 1. The highest BCUT2D eigenvalue weighted by Gasteiger charge is 2.33. The normalized spacial score (nSPS) is 17.6. The van der Waals surface area contributed by atoms with Gasteiger partial charge in [0.25, 0.3) is 0 Å². The van der Waals surface area contributed by atoms with Crippen LogP contribution in [0, 0.1) is 6.92 Å². The summed E-state index contributed by atoms with van der Waals surface area (Å²) >= 11 is 0. The number of rotatable bonds is 6. The van der Waals surface area contributed by atoms with Crippen LogP contribution in [-0.2, 0) is 16.1 Å². The van der Waals surface area contributed by atoms with E-state index in [-0.39, 0.29) is 18.7 Å². The number of aryl methyl sites for hydroxylation is 1. The Bertz CT molecular complexity index is 639. The van der Waals surface area contributed by atoms with E-state index in [0.717, 1.165) is 24.0 Å². The topological polar surface area (TPSA) is 70.1 Å². The Balaban J connectivity index is 2.07. The number of amides is 1. The van der Waals surface area contributed by atoms with Crippen LogP contribution in [0.5, 0.6) is 0 Å². The van der Waals surface area contributed by atoms with Crippen LogP contribution in [-0.4, -0.2) is 58.2 Å². The molecule has 6 heteroatoms. The minimum absolute atomic E-state index is 0.0202. The summed E-state index contributed by atoms with van der Waals surface area (Å²) in [6, 6.07) is 7.96. The molecule has 2 rings (SSSR count). The largest absolute Gasteiger partial charge is 0.480 e. The molecule has 1 aromatic carbocycles. The highest BCUT2D eigenvalue weighted by atomic mass is 16.6. The van der Waals surface area contributed by atoms with Gasteiger partial charge in [-0.05, 0) is 51.7 Å². The maximum atomic E-state index is 12.5. The average molecular weight is 362 g/mol. The molecule has 1 heterocycles. The molecule has 1 saturated heterocycles. The predicted molar refractivity (Wildman–Crippen MR) is 100 cm³/mol. The van der Waals surface area contributed by atoms with Crippen molar-refractivity contribution in [2.45, 2.75) is 58.7 Å². The fourth-order valence-corrected chi connectivity index (χ4v) is 3.29. The second-order valence-corrected chi connectivity index (χ2v) is 7.96. The molecule has 0 saturated carbocycles. The summed E-state index contributed by atoms with van der Waals surface area (Å²) < 4.78 is 5.50. The van der Waals surface area contributed by atoms with Crippen LogP contribution in [0.15, 0.2) is 24.3 Å². The van der Waals surface area contributed by atoms with E-state index in [1.54, 1.807) is 4.90 Å². The van der Waals surface area contributed by atoms with Crippen LogP contribution in [0.25, 0.3) is 0 Å². The van der Waals surface area contributed by atoms with Gasteiger partial charge in [-0.3, -0.25) is 9.69 Å². The molecule has 0 bridgehead atoms. The molecular weight excluding hydrogens is 332 g/mol. The van der Waals surface area contributed by atoms with Gasteiger partial charge in [-0.25, -0.2) is 4.79 Å². The molecule has 0 aliphatic carbocycles. The van der Waals surface area contributed by atoms with E-state index in [4.69, 9.17) is 4.74 Å². The monoisotopic (exact) mass is 362 g/mol. The molecule has 1 aromatic rings. The first-order valence-electron chi connectivity index (χ1n) is 9.14. The van der Waals surface area contributed by atoms with E-state index in [0.29, 0.717) is 19.6 Å². The Hall–Kier alpha value is -2.08. The third-order valence-electron chi connectivity index (χ3n) is 4.49. The Morgan fingerprint density at radius 3 is 2.62 bits per heavy atom. The van der Waals surface area contributed by atoms with Gasteiger partial charge in [0.05, 0.1) is 6.54 Å². The second kappa shape index (κ2) is 8.54. The Morgan fingerprint density at radius 1 is 1.31 bits per heavy atom. The smallest absolute Gasteiger partial charge is 0.410 e. The van der Waals surface area contributed by atoms with Crippen molar-refractivity contribution >= 4 is 12.1 Å². The third kappa shape index (κ3) is 6.02. The minimum atomic E-state index is -0.861. The number of ether oxygens (including phenoxy) is 1. The lowest BCUT2D eigenvalue weighted by atomic mass is 10.1. The lowest BCUT2D eigenvalue weighted by Gasteiger charge is -2.32. The van der Waals surface area contributed by atoms with Gasteiger partial charge in [0.1, 0.15) is 5.60 Å². The number of hydrogen-bond donors (Lipinski definition) is 1. The van der Waals surface area contributed by atoms with Crippen LogP contribution < -0.4 is 0 Å². The van der Waals surface area contributed by atoms with Crippen molar-refractivity contribution in [2.75, 3.05) is 19.6 Å². The van der Waals surface area contributed by atoms with Crippen LogP contribution in [0.2, 0.25) is 0 Å². The van der Waals surface area contributed by atoms with E-state index >= 15 is 0 Å². The van der Waals surface area contributed by atoms with Gasteiger partial charge in [0.2, 0.25) is 0 Å². The Labute approximate surface area is 155 Å². The molecule has 0 spiro atoms. The molecule has 1 aliphatic heterocycles. The van der Waals surface area contributed by atoms with Gasteiger partial charge < -0.3 is 14.7 Å². The summed E-state index contributed by atoms with van der Waals surface area (Å²) in [5, 5.41) is 9.29. The molecule has 144 valence electrons. The molecule has 1 atom stereocenters. The summed E-state index contributed by atoms with van der Waals surface area (Å²) in [4.78, 5) is 27.4. The maximum Gasteiger partial charge on any atom is 0.410 e. The van der Waals surface area contributed by atoms with Crippen molar-refractivity contribution in [1.29, 1.82) is 0 Å². The van der Waals surface area contributed by atoms with Crippen molar-refractivity contribution in [3.8, 4) is 0 Å². The second-order valence-electron chi connectivity index (χ2n) is 7.96.